The second kappa shape index (κ2) is 11.9. The summed E-state index contributed by atoms with van der Waals surface area (Å²) in [5.74, 6) is -2.65. The summed E-state index contributed by atoms with van der Waals surface area (Å²) < 4.78 is 31.1. The van der Waals surface area contributed by atoms with Crippen LogP contribution in [0.1, 0.15) is 65.5 Å². The van der Waals surface area contributed by atoms with Crippen molar-refractivity contribution in [2.45, 2.75) is 84.3 Å². The van der Waals surface area contributed by atoms with Crippen LogP contribution in [0.4, 0.5) is 0 Å². The predicted octanol–water partition coefficient (Wildman–Crippen LogP) is 2.42. The number of carbonyl (C=O) groups is 3. The molecule has 6 rings (SSSR count). The number of aliphatic hydroxyl groups is 1. The zero-order chi connectivity index (χ0) is 33.7. The molecule has 3 aliphatic rings. The molecule has 1 aliphatic heterocycles. The molecule has 250 valence electrons. The van der Waals surface area contributed by atoms with Gasteiger partial charge in [0.25, 0.3) is 0 Å². The molecule has 15 heteroatoms. The van der Waals surface area contributed by atoms with Crippen molar-refractivity contribution >= 4 is 17.9 Å². The van der Waals surface area contributed by atoms with E-state index < -0.39 is 70.1 Å². The summed E-state index contributed by atoms with van der Waals surface area (Å²) in [4.78, 5) is 55.4. The summed E-state index contributed by atoms with van der Waals surface area (Å²) in [5, 5.41) is 23.1. The van der Waals surface area contributed by atoms with Crippen molar-refractivity contribution < 1.29 is 42.9 Å². The topological polar surface area (TPSA) is 195 Å². The fraction of sp³-hybridized carbons (Fsp3) is 0.562. The lowest BCUT2D eigenvalue weighted by Crippen LogP contribution is -2.71. The third-order valence-electron chi connectivity index (χ3n) is 10.4. The number of pyridine rings is 1. The Balaban J connectivity index is 1.48. The first-order chi connectivity index (χ1) is 22.3. The minimum atomic E-state index is -1.40. The smallest absolute Gasteiger partial charge is 0.345 e. The Kier molecular flexibility index (Phi) is 8.14. The van der Waals surface area contributed by atoms with Gasteiger partial charge in [-0.3, -0.25) is 19.4 Å². The van der Waals surface area contributed by atoms with Gasteiger partial charge >= 0.3 is 23.5 Å². The molecule has 0 saturated heterocycles. The lowest BCUT2D eigenvalue weighted by Gasteiger charge is -2.66. The molecule has 0 aromatic carbocycles. The van der Waals surface area contributed by atoms with E-state index in [9.17, 15) is 24.3 Å². The van der Waals surface area contributed by atoms with Crippen molar-refractivity contribution in [3.05, 3.63) is 52.9 Å². The van der Waals surface area contributed by atoms with E-state index in [0.29, 0.717) is 18.4 Å². The molecule has 15 nitrogen and oxygen atoms in total. The average Bonchev–Trinajstić information content (AvgIpc) is 3.51. The Morgan fingerprint density at radius 1 is 1.13 bits per heavy atom. The van der Waals surface area contributed by atoms with Crippen LogP contribution in [0.25, 0.3) is 11.3 Å². The van der Waals surface area contributed by atoms with Crippen LogP contribution < -0.4 is 10.4 Å². The van der Waals surface area contributed by atoms with Crippen molar-refractivity contribution in [3.8, 4) is 17.1 Å². The van der Waals surface area contributed by atoms with Crippen LogP contribution >= 0.6 is 0 Å². The van der Waals surface area contributed by atoms with Crippen LogP contribution in [-0.4, -0.2) is 72.6 Å². The van der Waals surface area contributed by atoms with Crippen LogP contribution in [-0.2, 0) is 35.1 Å². The van der Waals surface area contributed by atoms with Gasteiger partial charge in [0.1, 0.15) is 54.4 Å². The maximum Gasteiger partial charge on any atom is 0.345 e. The molecule has 3 unspecified atom stereocenters. The van der Waals surface area contributed by atoms with E-state index in [-0.39, 0.29) is 36.6 Å². The Labute approximate surface area is 269 Å². The highest BCUT2D eigenvalue weighted by atomic mass is 16.6. The second-order valence-electron chi connectivity index (χ2n) is 13.3. The number of carbonyl (C=O) groups excluding carboxylic acids is 3. The SMILES string of the molecule is CC(=O)OCC1(C)C2C[C@H](OC(=O)Cn3cnnn3)[C@@]3(C)Oc4cc(-c5cccnc5)oc(=O)c4[C@H](O)C3[C@@]2(C)CC[C@@H]1OC(C)=O. The first-order valence-corrected chi connectivity index (χ1v) is 15.4. The van der Waals surface area contributed by atoms with Gasteiger partial charge in [-0.15, -0.1) is 5.10 Å². The normalized spacial score (nSPS) is 32.5. The fourth-order valence-electron chi connectivity index (χ4n) is 8.42. The van der Waals surface area contributed by atoms with Gasteiger partial charge < -0.3 is 28.5 Å². The molecule has 3 aromatic rings. The van der Waals surface area contributed by atoms with E-state index in [0.717, 1.165) is 0 Å². The van der Waals surface area contributed by atoms with E-state index in [2.05, 4.69) is 20.5 Å². The van der Waals surface area contributed by atoms with Gasteiger partial charge in [0.2, 0.25) is 0 Å². The van der Waals surface area contributed by atoms with Crippen molar-refractivity contribution in [2.75, 3.05) is 6.61 Å². The average molecular weight is 652 g/mol. The van der Waals surface area contributed by atoms with Gasteiger partial charge in [-0.25, -0.2) is 9.48 Å². The van der Waals surface area contributed by atoms with Gasteiger partial charge in [-0.1, -0.05) is 13.8 Å². The number of fused-ring (bicyclic) bond motifs is 4. The van der Waals surface area contributed by atoms with Gasteiger partial charge in [-0.2, -0.15) is 0 Å². The number of aliphatic hydroxyl groups excluding tert-OH is 1. The molecule has 0 radical (unpaired) electrons. The van der Waals surface area contributed by atoms with E-state index >= 15 is 0 Å². The number of ether oxygens (including phenoxy) is 4. The number of tetrazole rings is 1. The third kappa shape index (κ3) is 5.55. The molecule has 2 aliphatic carbocycles. The highest BCUT2D eigenvalue weighted by Gasteiger charge is 2.71. The minimum Gasteiger partial charge on any atom is -0.482 e. The number of hydrogen-bond acceptors (Lipinski definition) is 14. The van der Waals surface area contributed by atoms with Gasteiger partial charge in [-0.05, 0) is 60.1 Å². The van der Waals surface area contributed by atoms with Gasteiger partial charge in [0.05, 0.1) is 6.10 Å². The summed E-state index contributed by atoms with van der Waals surface area (Å²) in [6.07, 6.45) is 2.39. The molecule has 2 fully saturated rings. The number of esters is 3. The number of nitrogens with zero attached hydrogens (tertiary/aromatic N) is 5. The summed E-state index contributed by atoms with van der Waals surface area (Å²) in [6, 6.07) is 4.96. The lowest BCUT2D eigenvalue weighted by molar-refractivity contribution is -0.271. The number of hydrogen-bond donors (Lipinski definition) is 1. The minimum absolute atomic E-state index is 0.0513. The lowest BCUT2D eigenvalue weighted by atomic mass is 9.42. The fourth-order valence-corrected chi connectivity index (χ4v) is 8.42. The second-order valence-corrected chi connectivity index (χ2v) is 13.3. The Morgan fingerprint density at radius 3 is 2.57 bits per heavy atom. The Bertz CT molecular complexity index is 1730. The maximum atomic E-state index is 13.6. The maximum absolute atomic E-state index is 13.6. The molecule has 2 saturated carbocycles. The van der Waals surface area contributed by atoms with Gasteiger partial charge in [0, 0.05) is 49.2 Å². The molecule has 8 atom stereocenters. The highest BCUT2D eigenvalue weighted by Crippen LogP contribution is 2.67. The van der Waals surface area contributed by atoms with E-state index in [1.54, 1.807) is 25.3 Å². The number of rotatable bonds is 7. The van der Waals surface area contributed by atoms with E-state index in [1.807, 2.05) is 13.8 Å². The molecular weight excluding hydrogens is 614 g/mol. The summed E-state index contributed by atoms with van der Waals surface area (Å²) in [7, 11) is 0. The van der Waals surface area contributed by atoms with Gasteiger partial charge in [0.15, 0.2) is 0 Å². The molecular formula is C32H37N5O10. The van der Waals surface area contributed by atoms with E-state index in [4.69, 9.17) is 23.4 Å². The third-order valence-corrected chi connectivity index (χ3v) is 10.4. The quantitative estimate of drug-likeness (QED) is 0.289. The molecule has 1 N–H and O–H groups in total. The number of aromatic nitrogens is 5. The van der Waals surface area contributed by atoms with E-state index in [1.165, 1.54) is 37.1 Å². The molecule has 0 bridgehead atoms. The Hall–Kier alpha value is -4.66. The van der Waals surface area contributed by atoms with Crippen LogP contribution in [0.15, 0.2) is 46.1 Å². The van der Waals surface area contributed by atoms with Crippen LogP contribution in [0.5, 0.6) is 5.75 Å². The molecule has 4 heterocycles. The molecule has 0 amide bonds. The first kappa shape index (κ1) is 32.3. The summed E-state index contributed by atoms with van der Waals surface area (Å²) in [5.41, 5.74) is -3.42. The summed E-state index contributed by atoms with van der Waals surface area (Å²) in [6.45, 7) is 7.84. The molecule has 3 aromatic heterocycles. The summed E-state index contributed by atoms with van der Waals surface area (Å²) >= 11 is 0. The molecule has 47 heavy (non-hydrogen) atoms. The van der Waals surface area contributed by atoms with Crippen molar-refractivity contribution in [1.29, 1.82) is 0 Å². The zero-order valence-corrected chi connectivity index (χ0v) is 26.7. The Morgan fingerprint density at radius 2 is 1.91 bits per heavy atom. The molecule has 0 spiro atoms. The van der Waals surface area contributed by atoms with Crippen LogP contribution in [0.2, 0.25) is 0 Å². The van der Waals surface area contributed by atoms with Crippen molar-refractivity contribution in [3.63, 3.8) is 0 Å². The van der Waals surface area contributed by atoms with Crippen molar-refractivity contribution in [2.24, 2.45) is 22.7 Å². The van der Waals surface area contributed by atoms with Crippen LogP contribution in [0, 0.1) is 22.7 Å². The largest absolute Gasteiger partial charge is 0.482 e. The van der Waals surface area contributed by atoms with Crippen molar-refractivity contribution in [1.82, 2.24) is 25.2 Å². The standard InChI is InChI=1S/C32H37N5O10/c1-17(38)43-15-31(4)22-12-24(46-25(40)14-37-16-34-35-36-37)32(5)28(30(22,3)9-8-23(31)44-18(2)39)27(41)26-21(47-32)11-20(45-29(26)42)19-7-6-10-33-13-19/h6-7,10-11,13,16,22-24,27-28,41H,8-9,12,14-15H2,1-5H3/t22?,23-,24-,27-,28?,30-,31?,32+/m0/s1. The highest BCUT2D eigenvalue weighted by molar-refractivity contribution is 5.69. The first-order valence-electron chi connectivity index (χ1n) is 15.4. The predicted molar refractivity (Wildman–Crippen MR) is 159 cm³/mol. The zero-order valence-electron chi connectivity index (χ0n) is 26.7. The van der Waals surface area contributed by atoms with Crippen LogP contribution in [0.3, 0.4) is 0 Å². The monoisotopic (exact) mass is 651 g/mol.